The SMILES string of the molecule is CCOC1=NC(OCC(F)(F)F)CC=C1CN. The van der Waals surface area contributed by atoms with E-state index in [0.717, 1.165) is 0 Å². The molecule has 0 aromatic heterocycles. The van der Waals surface area contributed by atoms with Crippen LogP contribution >= 0.6 is 0 Å². The predicted molar refractivity (Wildman–Crippen MR) is 56.6 cm³/mol. The topological polar surface area (TPSA) is 56.8 Å². The lowest BCUT2D eigenvalue weighted by Crippen LogP contribution is -2.27. The normalized spacial score (nSPS) is 20.9. The van der Waals surface area contributed by atoms with Crippen LogP contribution in [0.1, 0.15) is 13.3 Å². The Hall–Kier alpha value is -1.08. The van der Waals surface area contributed by atoms with Gasteiger partial charge in [0.25, 0.3) is 0 Å². The number of halogens is 3. The van der Waals surface area contributed by atoms with E-state index in [1.807, 2.05) is 0 Å². The molecule has 1 rings (SSSR count). The molecule has 0 bridgehead atoms. The molecule has 0 saturated heterocycles. The van der Waals surface area contributed by atoms with Crippen LogP contribution in [0.2, 0.25) is 0 Å². The van der Waals surface area contributed by atoms with E-state index in [0.29, 0.717) is 12.2 Å². The van der Waals surface area contributed by atoms with Gasteiger partial charge in [0, 0.05) is 18.5 Å². The molecule has 0 radical (unpaired) electrons. The van der Waals surface area contributed by atoms with Gasteiger partial charge in [0.2, 0.25) is 5.90 Å². The van der Waals surface area contributed by atoms with Crippen LogP contribution in [0.15, 0.2) is 16.6 Å². The zero-order valence-corrected chi connectivity index (χ0v) is 9.46. The Morgan fingerprint density at radius 1 is 1.53 bits per heavy atom. The van der Waals surface area contributed by atoms with Crippen LogP contribution in [0.25, 0.3) is 0 Å². The predicted octanol–water partition coefficient (Wildman–Crippen LogP) is 1.62. The molecule has 0 aliphatic carbocycles. The van der Waals surface area contributed by atoms with Gasteiger partial charge in [-0.25, -0.2) is 4.99 Å². The molecule has 4 nitrogen and oxygen atoms in total. The molecule has 1 heterocycles. The van der Waals surface area contributed by atoms with Crippen LogP contribution in [-0.2, 0) is 9.47 Å². The largest absolute Gasteiger partial charge is 0.478 e. The molecule has 0 fully saturated rings. The maximum Gasteiger partial charge on any atom is 0.411 e. The van der Waals surface area contributed by atoms with Crippen LogP contribution in [0.3, 0.4) is 0 Å². The number of aliphatic imine (C=N–C) groups is 1. The van der Waals surface area contributed by atoms with Gasteiger partial charge < -0.3 is 15.2 Å². The Morgan fingerprint density at radius 3 is 2.76 bits per heavy atom. The summed E-state index contributed by atoms with van der Waals surface area (Å²) in [6.07, 6.45) is -3.23. The lowest BCUT2D eigenvalue weighted by atomic mass is 10.1. The number of nitrogens with two attached hydrogens (primary N) is 1. The minimum Gasteiger partial charge on any atom is -0.478 e. The third-order valence-electron chi connectivity index (χ3n) is 2.04. The first-order valence-corrected chi connectivity index (χ1v) is 5.24. The maximum atomic E-state index is 12.0. The third-order valence-corrected chi connectivity index (χ3v) is 2.04. The fourth-order valence-electron chi connectivity index (χ4n) is 1.33. The summed E-state index contributed by atoms with van der Waals surface area (Å²) in [6, 6.07) is 0. The molecular weight excluding hydrogens is 237 g/mol. The average molecular weight is 252 g/mol. The third kappa shape index (κ3) is 4.74. The van der Waals surface area contributed by atoms with E-state index in [-0.39, 0.29) is 18.9 Å². The highest BCUT2D eigenvalue weighted by Crippen LogP contribution is 2.19. The summed E-state index contributed by atoms with van der Waals surface area (Å²) in [4.78, 5) is 3.95. The highest BCUT2D eigenvalue weighted by atomic mass is 19.4. The van der Waals surface area contributed by atoms with Crippen molar-refractivity contribution in [3.8, 4) is 0 Å². The van der Waals surface area contributed by atoms with Crippen molar-refractivity contribution in [3.63, 3.8) is 0 Å². The van der Waals surface area contributed by atoms with E-state index in [2.05, 4.69) is 9.73 Å². The molecule has 0 aromatic carbocycles. The molecule has 2 N–H and O–H groups in total. The summed E-state index contributed by atoms with van der Waals surface area (Å²) < 4.78 is 45.7. The summed E-state index contributed by atoms with van der Waals surface area (Å²) in [5, 5.41) is 0. The van der Waals surface area contributed by atoms with E-state index in [4.69, 9.17) is 10.5 Å². The van der Waals surface area contributed by atoms with Gasteiger partial charge in [-0.05, 0) is 6.92 Å². The Kier molecular flexibility index (Phi) is 4.95. The molecule has 17 heavy (non-hydrogen) atoms. The van der Waals surface area contributed by atoms with Crippen LogP contribution in [-0.4, -0.2) is 38.1 Å². The lowest BCUT2D eigenvalue weighted by molar-refractivity contribution is -0.184. The molecule has 1 aliphatic heterocycles. The van der Waals surface area contributed by atoms with Crippen LogP contribution in [0.5, 0.6) is 0 Å². The van der Waals surface area contributed by atoms with Gasteiger partial charge >= 0.3 is 6.18 Å². The van der Waals surface area contributed by atoms with E-state index < -0.39 is 19.0 Å². The van der Waals surface area contributed by atoms with E-state index in [9.17, 15) is 13.2 Å². The first-order chi connectivity index (χ1) is 7.96. The van der Waals surface area contributed by atoms with Crippen molar-refractivity contribution < 1.29 is 22.6 Å². The summed E-state index contributed by atoms with van der Waals surface area (Å²) in [5.41, 5.74) is 6.16. The molecule has 1 aliphatic rings. The van der Waals surface area contributed by atoms with Gasteiger partial charge in [0.05, 0.1) is 6.61 Å². The second kappa shape index (κ2) is 6.02. The van der Waals surface area contributed by atoms with Gasteiger partial charge in [-0.1, -0.05) is 6.08 Å². The summed E-state index contributed by atoms with van der Waals surface area (Å²) in [6.45, 7) is 1.07. The number of hydrogen-bond donors (Lipinski definition) is 1. The monoisotopic (exact) mass is 252 g/mol. The molecule has 7 heteroatoms. The molecule has 0 aromatic rings. The second-order valence-corrected chi connectivity index (χ2v) is 3.42. The minimum absolute atomic E-state index is 0.241. The number of rotatable bonds is 4. The van der Waals surface area contributed by atoms with Crippen molar-refractivity contribution in [3.05, 3.63) is 11.6 Å². The molecular formula is C10H15F3N2O2. The van der Waals surface area contributed by atoms with Crippen molar-refractivity contribution in [2.45, 2.75) is 25.7 Å². The highest BCUT2D eigenvalue weighted by Gasteiger charge is 2.30. The zero-order valence-electron chi connectivity index (χ0n) is 9.46. The number of hydrogen-bond acceptors (Lipinski definition) is 4. The second-order valence-electron chi connectivity index (χ2n) is 3.42. The zero-order chi connectivity index (χ0) is 12.9. The van der Waals surface area contributed by atoms with Gasteiger partial charge in [-0.2, -0.15) is 13.2 Å². The quantitative estimate of drug-likeness (QED) is 0.827. The Balaban J connectivity index is 2.58. The standard InChI is InChI=1S/C10H15F3N2O2/c1-2-16-9-7(5-14)3-4-8(15-9)17-6-10(11,12)13/h3,8H,2,4-6,14H2,1H3. The van der Waals surface area contributed by atoms with Crippen LogP contribution in [0.4, 0.5) is 13.2 Å². The van der Waals surface area contributed by atoms with E-state index in [1.54, 1.807) is 13.0 Å². The fraction of sp³-hybridized carbons (Fsp3) is 0.700. The molecule has 1 unspecified atom stereocenters. The van der Waals surface area contributed by atoms with Crippen molar-refractivity contribution >= 4 is 5.90 Å². The molecule has 0 saturated carbocycles. The average Bonchev–Trinajstić information content (AvgIpc) is 2.26. The highest BCUT2D eigenvalue weighted by molar-refractivity contribution is 5.94. The van der Waals surface area contributed by atoms with Crippen molar-refractivity contribution in [1.29, 1.82) is 0 Å². The number of dihydropyridines is 1. The fourth-order valence-corrected chi connectivity index (χ4v) is 1.33. The van der Waals surface area contributed by atoms with Crippen molar-refractivity contribution in [2.75, 3.05) is 19.8 Å². The summed E-state index contributed by atoms with van der Waals surface area (Å²) >= 11 is 0. The Bertz CT molecular complexity index is 313. The molecule has 0 spiro atoms. The van der Waals surface area contributed by atoms with Crippen molar-refractivity contribution in [1.82, 2.24) is 0 Å². The van der Waals surface area contributed by atoms with E-state index in [1.165, 1.54) is 0 Å². The first-order valence-electron chi connectivity index (χ1n) is 5.24. The van der Waals surface area contributed by atoms with Gasteiger partial charge in [0.15, 0.2) is 6.23 Å². The molecule has 1 atom stereocenters. The van der Waals surface area contributed by atoms with Gasteiger partial charge in [0.1, 0.15) is 6.61 Å². The van der Waals surface area contributed by atoms with Crippen LogP contribution in [0, 0.1) is 0 Å². The van der Waals surface area contributed by atoms with Gasteiger partial charge in [-0.15, -0.1) is 0 Å². The summed E-state index contributed by atoms with van der Waals surface area (Å²) in [5.74, 6) is 0.272. The van der Waals surface area contributed by atoms with Crippen LogP contribution < -0.4 is 5.73 Å². The molecule has 98 valence electrons. The summed E-state index contributed by atoms with van der Waals surface area (Å²) in [7, 11) is 0. The van der Waals surface area contributed by atoms with Gasteiger partial charge in [-0.3, -0.25) is 0 Å². The number of nitrogens with zero attached hydrogens (tertiary/aromatic N) is 1. The number of ether oxygens (including phenoxy) is 2. The lowest BCUT2D eigenvalue weighted by Gasteiger charge is -2.21. The molecule has 0 amide bonds. The van der Waals surface area contributed by atoms with Crippen molar-refractivity contribution in [2.24, 2.45) is 10.7 Å². The smallest absolute Gasteiger partial charge is 0.411 e. The van der Waals surface area contributed by atoms with E-state index >= 15 is 0 Å². The minimum atomic E-state index is -4.35. The first kappa shape index (κ1) is 14.0. The number of alkyl halides is 3. The maximum absolute atomic E-state index is 12.0. The Labute approximate surface area is 97.3 Å². The Morgan fingerprint density at radius 2 is 2.24 bits per heavy atom.